The van der Waals surface area contributed by atoms with Crippen LogP contribution in [0.3, 0.4) is 0 Å². The van der Waals surface area contributed by atoms with Gasteiger partial charge in [-0.25, -0.2) is 4.79 Å². The molecule has 13 heavy (non-hydrogen) atoms. The van der Waals surface area contributed by atoms with Crippen LogP contribution in [0.25, 0.3) is 0 Å². The van der Waals surface area contributed by atoms with Gasteiger partial charge in [-0.2, -0.15) is 11.3 Å². The molecular weight excluding hydrogens is 206 g/mol. The van der Waals surface area contributed by atoms with E-state index in [1.54, 1.807) is 11.3 Å². The summed E-state index contributed by atoms with van der Waals surface area (Å²) in [7, 11) is 0. The van der Waals surface area contributed by atoms with Crippen LogP contribution in [0.5, 0.6) is 0 Å². The fraction of sp³-hybridized carbons (Fsp3) is 0.375. The van der Waals surface area contributed by atoms with Crippen molar-refractivity contribution in [1.29, 1.82) is 0 Å². The quantitative estimate of drug-likeness (QED) is 0.785. The monoisotopic (exact) mass is 215 g/mol. The lowest BCUT2D eigenvalue weighted by atomic mass is 10.2. The second-order valence-electron chi connectivity index (χ2n) is 2.83. The largest absolute Gasteiger partial charge is 0.479 e. The van der Waals surface area contributed by atoms with Crippen molar-refractivity contribution >= 4 is 29.1 Å². The molecule has 1 aromatic heterocycles. The predicted octanol–water partition coefficient (Wildman–Crippen LogP) is 1.54. The van der Waals surface area contributed by atoms with E-state index in [9.17, 15) is 4.79 Å². The van der Waals surface area contributed by atoms with E-state index in [1.165, 1.54) is 17.3 Å². The van der Waals surface area contributed by atoms with Gasteiger partial charge in [-0.05, 0) is 22.4 Å². The molecule has 0 aliphatic carbocycles. The normalized spacial score (nSPS) is 27.7. The number of carboxylic acids is 1. The summed E-state index contributed by atoms with van der Waals surface area (Å²) in [5.41, 5.74) is 1.20. The Hall–Kier alpha value is -0.520. The minimum absolute atomic E-state index is 0.206. The lowest BCUT2D eigenvalue weighted by Gasteiger charge is -2.07. The summed E-state index contributed by atoms with van der Waals surface area (Å²) < 4.78 is 0. The lowest BCUT2D eigenvalue weighted by molar-refractivity contribution is -0.136. The average molecular weight is 215 g/mol. The number of nitrogens with one attached hydrogen (secondary N) is 1. The Morgan fingerprint density at radius 1 is 1.69 bits per heavy atom. The van der Waals surface area contributed by atoms with Crippen LogP contribution in [0.2, 0.25) is 0 Å². The van der Waals surface area contributed by atoms with Crippen molar-refractivity contribution in [2.75, 3.05) is 5.75 Å². The van der Waals surface area contributed by atoms with Gasteiger partial charge in [0.25, 0.3) is 0 Å². The first-order chi connectivity index (χ1) is 6.27. The Balaban J connectivity index is 2.03. The second-order valence-corrected chi connectivity index (χ2v) is 4.75. The van der Waals surface area contributed by atoms with Crippen LogP contribution in [0, 0.1) is 0 Å². The van der Waals surface area contributed by atoms with Crippen LogP contribution in [-0.4, -0.2) is 22.2 Å². The van der Waals surface area contributed by atoms with Gasteiger partial charge in [-0.15, -0.1) is 11.8 Å². The summed E-state index contributed by atoms with van der Waals surface area (Å²) in [5.74, 6) is 0.0657. The molecule has 1 aliphatic rings. The Morgan fingerprint density at radius 2 is 2.54 bits per heavy atom. The van der Waals surface area contributed by atoms with Gasteiger partial charge in [-0.1, -0.05) is 0 Å². The molecule has 2 atom stereocenters. The minimum atomic E-state index is -0.775. The van der Waals surface area contributed by atoms with Crippen molar-refractivity contribution in [3.05, 3.63) is 22.4 Å². The number of carbonyl (C=O) groups is 1. The zero-order valence-corrected chi connectivity index (χ0v) is 8.40. The third-order valence-electron chi connectivity index (χ3n) is 1.95. The fourth-order valence-electron chi connectivity index (χ4n) is 1.28. The van der Waals surface area contributed by atoms with Gasteiger partial charge in [0.15, 0.2) is 5.37 Å². The van der Waals surface area contributed by atoms with Crippen molar-refractivity contribution in [2.45, 2.75) is 11.4 Å². The van der Waals surface area contributed by atoms with E-state index in [4.69, 9.17) is 5.11 Å². The van der Waals surface area contributed by atoms with E-state index in [2.05, 4.69) is 10.7 Å². The molecule has 0 amide bonds. The van der Waals surface area contributed by atoms with Crippen molar-refractivity contribution in [3.63, 3.8) is 0 Å². The number of hydrogen-bond donors (Lipinski definition) is 2. The van der Waals surface area contributed by atoms with Gasteiger partial charge in [-0.3, -0.25) is 5.32 Å². The van der Waals surface area contributed by atoms with Gasteiger partial charge in [0.2, 0.25) is 0 Å². The van der Waals surface area contributed by atoms with Crippen molar-refractivity contribution in [2.24, 2.45) is 0 Å². The standard InChI is InChI=1S/C8H9NO2S2/c10-8(11)7-9-6(4-13-7)5-1-2-12-3-5/h1-3,6-7,9H,4H2,(H,10,11)/t6-,7-/m1/s1. The maximum Gasteiger partial charge on any atom is 0.331 e. The molecule has 0 bridgehead atoms. The molecule has 70 valence electrons. The van der Waals surface area contributed by atoms with E-state index in [0.717, 1.165) is 5.75 Å². The molecule has 1 aliphatic heterocycles. The van der Waals surface area contributed by atoms with Crippen LogP contribution in [0.4, 0.5) is 0 Å². The molecule has 2 rings (SSSR count). The number of carboxylic acid groups (broad SMARTS) is 1. The number of thiophene rings is 1. The third kappa shape index (κ3) is 1.87. The van der Waals surface area contributed by atoms with E-state index < -0.39 is 11.3 Å². The molecule has 2 heterocycles. The highest BCUT2D eigenvalue weighted by Crippen LogP contribution is 2.29. The smallest absolute Gasteiger partial charge is 0.331 e. The van der Waals surface area contributed by atoms with Crippen molar-refractivity contribution < 1.29 is 9.90 Å². The minimum Gasteiger partial charge on any atom is -0.479 e. The highest BCUT2D eigenvalue weighted by atomic mass is 32.2. The molecular formula is C8H9NO2S2. The second kappa shape index (κ2) is 3.69. The Morgan fingerprint density at radius 3 is 3.08 bits per heavy atom. The van der Waals surface area contributed by atoms with Gasteiger partial charge in [0, 0.05) is 11.8 Å². The van der Waals surface area contributed by atoms with Crippen LogP contribution < -0.4 is 5.32 Å². The first-order valence-electron chi connectivity index (χ1n) is 3.90. The Kier molecular flexibility index (Phi) is 2.57. The van der Waals surface area contributed by atoms with Gasteiger partial charge in [0.05, 0.1) is 0 Å². The van der Waals surface area contributed by atoms with Crippen LogP contribution in [-0.2, 0) is 4.79 Å². The fourth-order valence-corrected chi connectivity index (χ4v) is 3.07. The predicted molar refractivity (Wildman–Crippen MR) is 54.1 cm³/mol. The Labute approximate surface area is 84.2 Å². The SMILES string of the molecule is O=C(O)[C@@H]1N[C@@H](c2ccsc2)CS1. The summed E-state index contributed by atoms with van der Waals surface area (Å²) in [4.78, 5) is 10.6. The molecule has 1 saturated heterocycles. The van der Waals surface area contributed by atoms with Gasteiger partial charge < -0.3 is 5.11 Å². The molecule has 3 nitrogen and oxygen atoms in total. The highest BCUT2D eigenvalue weighted by Gasteiger charge is 2.30. The average Bonchev–Trinajstić information content (AvgIpc) is 2.75. The molecule has 0 aromatic carbocycles. The van der Waals surface area contributed by atoms with Gasteiger partial charge >= 0.3 is 5.97 Å². The zero-order chi connectivity index (χ0) is 9.26. The van der Waals surface area contributed by atoms with E-state index in [1.807, 2.05) is 11.4 Å². The summed E-state index contributed by atoms with van der Waals surface area (Å²) in [6.45, 7) is 0. The number of thioether (sulfide) groups is 1. The molecule has 0 unspecified atom stereocenters. The van der Waals surface area contributed by atoms with Crippen molar-refractivity contribution in [3.8, 4) is 0 Å². The highest BCUT2D eigenvalue weighted by molar-refractivity contribution is 8.00. The summed E-state index contributed by atoms with van der Waals surface area (Å²) >= 11 is 3.09. The summed E-state index contributed by atoms with van der Waals surface area (Å²) in [6.07, 6.45) is 0. The van der Waals surface area contributed by atoms with E-state index in [-0.39, 0.29) is 6.04 Å². The van der Waals surface area contributed by atoms with Crippen molar-refractivity contribution in [1.82, 2.24) is 5.32 Å². The number of rotatable bonds is 2. The first kappa shape index (κ1) is 9.05. The summed E-state index contributed by atoms with van der Waals surface area (Å²) in [5, 5.41) is 15.4. The topological polar surface area (TPSA) is 49.3 Å². The summed E-state index contributed by atoms with van der Waals surface area (Å²) in [6, 6.07) is 2.24. The molecule has 1 aromatic rings. The maximum absolute atomic E-state index is 10.6. The first-order valence-corrected chi connectivity index (χ1v) is 5.89. The Bertz CT molecular complexity index is 299. The van der Waals surface area contributed by atoms with Crippen LogP contribution in [0.15, 0.2) is 16.8 Å². The molecule has 0 saturated carbocycles. The van der Waals surface area contributed by atoms with Crippen LogP contribution in [0.1, 0.15) is 11.6 Å². The molecule has 1 fully saturated rings. The molecule has 2 N–H and O–H groups in total. The zero-order valence-electron chi connectivity index (χ0n) is 6.77. The van der Waals surface area contributed by atoms with E-state index in [0.29, 0.717) is 0 Å². The lowest BCUT2D eigenvalue weighted by Crippen LogP contribution is -2.30. The van der Waals surface area contributed by atoms with Crippen LogP contribution >= 0.6 is 23.1 Å². The molecule has 0 spiro atoms. The van der Waals surface area contributed by atoms with Gasteiger partial charge in [0.1, 0.15) is 0 Å². The molecule has 0 radical (unpaired) electrons. The molecule has 5 heteroatoms. The number of aliphatic carboxylic acids is 1. The maximum atomic E-state index is 10.6. The third-order valence-corrected chi connectivity index (χ3v) is 3.85. The van der Waals surface area contributed by atoms with E-state index >= 15 is 0 Å². The number of hydrogen-bond acceptors (Lipinski definition) is 4.